The molecule has 0 radical (unpaired) electrons. The molecule has 2 unspecified atom stereocenters. The fraction of sp³-hybridized carbons (Fsp3) is 0.591. The van der Waals surface area contributed by atoms with Gasteiger partial charge in [0.05, 0.1) is 26.4 Å². The Kier molecular flexibility index (Phi) is 7.11. The molecule has 3 aliphatic heterocycles. The van der Waals surface area contributed by atoms with E-state index in [4.69, 9.17) is 14.5 Å². The fourth-order valence-electron chi connectivity index (χ4n) is 4.27. The Balaban J connectivity index is 1.42. The van der Waals surface area contributed by atoms with E-state index in [1.165, 1.54) is 11.9 Å². The van der Waals surface area contributed by atoms with Crippen LogP contribution in [0.4, 0.5) is 4.79 Å². The first-order chi connectivity index (χ1) is 15.6. The number of benzene rings is 1. The van der Waals surface area contributed by atoms with Crippen LogP contribution < -0.4 is 10.1 Å². The number of imide groups is 1. The first-order valence-corrected chi connectivity index (χ1v) is 11.2. The maximum absolute atomic E-state index is 13.0. The highest BCUT2D eigenvalue weighted by Crippen LogP contribution is 2.24. The third-order valence-corrected chi connectivity index (χ3v) is 6.11. The molecule has 32 heavy (non-hydrogen) atoms. The molecule has 0 aliphatic carbocycles. The summed E-state index contributed by atoms with van der Waals surface area (Å²) >= 11 is 0. The normalized spacial score (nSPS) is 25.3. The molecule has 3 heterocycles. The van der Waals surface area contributed by atoms with Crippen molar-refractivity contribution < 1.29 is 19.1 Å². The predicted octanol–water partition coefficient (Wildman–Crippen LogP) is 0.267. The molecular formula is C22H32N6O4. The van der Waals surface area contributed by atoms with E-state index in [1.807, 2.05) is 35.2 Å². The van der Waals surface area contributed by atoms with Gasteiger partial charge in [-0.05, 0) is 18.6 Å². The number of urea groups is 1. The minimum absolute atomic E-state index is 0.215. The van der Waals surface area contributed by atoms with Gasteiger partial charge >= 0.3 is 6.03 Å². The second-order valence-corrected chi connectivity index (χ2v) is 8.19. The lowest BCUT2D eigenvalue weighted by atomic mass is 10.1. The number of rotatable bonds is 8. The van der Waals surface area contributed by atoms with E-state index in [0.717, 1.165) is 45.0 Å². The Morgan fingerprint density at radius 3 is 2.62 bits per heavy atom. The summed E-state index contributed by atoms with van der Waals surface area (Å²) in [5.41, 5.74) is 0. The lowest BCUT2D eigenvalue weighted by molar-refractivity contribution is -0.136. The van der Waals surface area contributed by atoms with Crippen LogP contribution in [0.2, 0.25) is 0 Å². The van der Waals surface area contributed by atoms with Crippen molar-refractivity contribution in [2.75, 3.05) is 66.6 Å². The third-order valence-electron chi connectivity index (χ3n) is 6.11. The number of likely N-dealkylation sites (N-methyl/N-ethyl adjacent to an activating group) is 2. The van der Waals surface area contributed by atoms with Crippen molar-refractivity contribution in [2.24, 2.45) is 4.99 Å². The Morgan fingerprint density at radius 2 is 1.88 bits per heavy atom. The number of guanidine groups is 1. The molecule has 0 aromatic heterocycles. The maximum Gasteiger partial charge on any atom is 0.327 e. The molecule has 10 heteroatoms. The van der Waals surface area contributed by atoms with Gasteiger partial charge in [-0.15, -0.1) is 0 Å². The van der Waals surface area contributed by atoms with Crippen molar-refractivity contribution in [3.63, 3.8) is 0 Å². The molecule has 3 amide bonds. The van der Waals surface area contributed by atoms with Crippen molar-refractivity contribution >= 4 is 17.9 Å². The fourth-order valence-corrected chi connectivity index (χ4v) is 4.27. The largest absolute Gasteiger partial charge is 0.494 e. The summed E-state index contributed by atoms with van der Waals surface area (Å²) in [6, 6.07) is 8.86. The number of aliphatic imine (C=N–C) groups is 1. The summed E-state index contributed by atoms with van der Waals surface area (Å²) < 4.78 is 11.2. The number of carbonyl (C=O) groups excluding carboxylic acids is 2. The van der Waals surface area contributed by atoms with Crippen LogP contribution in [0.3, 0.4) is 0 Å². The molecule has 10 nitrogen and oxygen atoms in total. The van der Waals surface area contributed by atoms with Crippen LogP contribution in [0.5, 0.6) is 5.75 Å². The standard InChI is InChI=1S/C22H32N6O4/c1-25-19-18(20(29)26(2)22(25)30)28(10-6-14-32-17-7-4-3-5-8-17)21(24-19)23-9-11-27-12-15-31-16-13-27/h3-5,7-8,18-19H,6,9-16H2,1-2H3,(H,23,24). The lowest BCUT2D eigenvalue weighted by Gasteiger charge is -2.39. The zero-order valence-corrected chi connectivity index (χ0v) is 18.8. The minimum Gasteiger partial charge on any atom is -0.494 e. The summed E-state index contributed by atoms with van der Waals surface area (Å²) in [5, 5.41) is 3.32. The Morgan fingerprint density at radius 1 is 1.12 bits per heavy atom. The van der Waals surface area contributed by atoms with Gasteiger partial charge in [0.25, 0.3) is 5.91 Å². The molecule has 2 atom stereocenters. The highest BCUT2D eigenvalue weighted by molar-refractivity contribution is 6.04. The van der Waals surface area contributed by atoms with Crippen molar-refractivity contribution in [3.8, 4) is 5.75 Å². The summed E-state index contributed by atoms with van der Waals surface area (Å²) in [6.07, 6.45) is 0.292. The molecule has 4 rings (SSSR count). The van der Waals surface area contributed by atoms with Gasteiger partial charge in [-0.3, -0.25) is 19.6 Å². The number of hydrogen-bond acceptors (Lipinski definition) is 6. The van der Waals surface area contributed by atoms with Crippen molar-refractivity contribution in [3.05, 3.63) is 30.3 Å². The van der Waals surface area contributed by atoms with Gasteiger partial charge in [0, 0.05) is 40.3 Å². The summed E-state index contributed by atoms with van der Waals surface area (Å²) in [4.78, 5) is 37.3. The zero-order valence-electron chi connectivity index (χ0n) is 18.8. The Hall–Kier alpha value is -2.85. The van der Waals surface area contributed by atoms with Crippen molar-refractivity contribution in [1.82, 2.24) is 24.9 Å². The van der Waals surface area contributed by atoms with Crippen molar-refractivity contribution in [2.45, 2.75) is 18.6 Å². The topological polar surface area (TPSA) is 89.9 Å². The number of hydrogen-bond donors (Lipinski definition) is 1. The van der Waals surface area contributed by atoms with Crippen LogP contribution >= 0.6 is 0 Å². The molecule has 1 N–H and O–H groups in total. The predicted molar refractivity (Wildman–Crippen MR) is 119 cm³/mol. The molecule has 3 fully saturated rings. The second-order valence-electron chi connectivity index (χ2n) is 8.19. The molecule has 3 aliphatic rings. The average Bonchev–Trinajstić information content (AvgIpc) is 3.19. The first kappa shape index (κ1) is 22.3. The monoisotopic (exact) mass is 444 g/mol. The number of nitrogens with one attached hydrogen (secondary N) is 1. The Labute approximate surface area is 188 Å². The number of carbonyl (C=O) groups is 2. The summed E-state index contributed by atoms with van der Waals surface area (Å²) in [6.45, 7) is 5.88. The van der Waals surface area contributed by atoms with Gasteiger partial charge < -0.3 is 24.6 Å². The van der Waals surface area contributed by atoms with E-state index in [1.54, 1.807) is 11.9 Å². The van der Waals surface area contributed by atoms with Gasteiger partial charge in [-0.1, -0.05) is 18.2 Å². The average molecular weight is 445 g/mol. The summed E-state index contributed by atoms with van der Waals surface area (Å²) in [5.74, 6) is 1.27. The van der Waals surface area contributed by atoms with Gasteiger partial charge in [-0.2, -0.15) is 0 Å². The minimum atomic E-state index is -0.499. The number of amides is 3. The van der Waals surface area contributed by atoms with Crippen LogP contribution in [0.1, 0.15) is 6.42 Å². The highest BCUT2D eigenvalue weighted by atomic mass is 16.5. The third kappa shape index (κ3) is 4.81. The molecular weight excluding hydrogens is 412 g/mol. The molecule has 174 valence electrons. The van der Waals surface area contributed by atoms with E-state index >= 15 is 0 Å². The molecule has 1 aromatic carbocycles. The van der Waals surface area contributed by atoms with E-state index in [-0.39, 0.29) is 11.9 Å². The SMILES string of the molecule is CN1C(=O)C2C(NC(=NCCN3CCOCC3)N2CCCOc2ccccc2)N(C)C1=O. The molecule has 3 saturated heterocycles. The number of fused-ring (bicyclic) bond motifs is 1. The van der Waals surface area contributed by atoms with Gasteiger partial charge in [0.15, 0.2) is 12.0 Å². The zero-order chi connectivity index (χ0) is 22.5. The number of nitrogens with zero attached hydrogens (tertiary/aromatic N) is 5. The van der Waals surface area contributed by atoms with Crippen LogP contribution in [0.25, 0.3) is 0 Å². The van der Waals surface area contributed by atoms with Crippen LogP contribution in [0, 0.1) is 0 Å². The number of morpholine rings is 1. The number of para-hydroxylation sites is 1. The highest BCUT2D eigenvalue weighted by Gasteiger charge is 2.51. The quantitative estimate of drug-likeness (QED) is 0.576. The van der Waals surface area contributed by atoms with E-state index in [0.29, 0.717) is 25.7 Å². The van der Waals surface area contributed by atoms with E-state index in [9.17, 15) is 9.59 Å². The lowest BCUT2D eigenvalue weighted by Crippen LogP contribution is -2.65. The maximum atomic E-state index is 13.0. The smallest absolute Gasteiger partial charge is 0.327 e. The first-order valence-electron chi connectivity index (χ1n) is 11.2. The van der Waals surface area contributed by atoms with E-state index < -0.39 is 12.2 Å². The van der Waals surface area contributed by atoms with Gasteiger partial charge in [-0.25, -0.2) is 4.79 Å². The van der Waals surface area contributed by atoms with Crippen LogP contribution in [-0.2, 0) is 9.53 Å². The van der Waals surface area contributed by atoms with E-state index in [2.05, 4.69) is 10.2 Å². The second kappa shape index (κ2) is 10.2. The number of ether oxygens (including phenoxy) is 2. The van der Waals surface area contributed by atoms with Gasteiger partial charge in [0.1, 0.15) is 11.9 Å². The van der Waals surface area contributed by atoms with Gasteiger partial charge in [0.2, 0.25) is 0 Å². The summed E-state index contributed by atoms with van der Waals surface area (Å²) in [7, 11) is 3.24. The van der Waals surface area contributed by atoms with Crippen LogP contribution in [0.15, 0.2) is 35.3 Å². The van der Waals surface area contributed by atoms with Crippen molar-refractivity contribution in [1.29, 1.82) is 0 Å². The Bertz CT molecular complexity index is 829. The van der Waals surface area contributed by atoms with Crippen LogP contribution in [-0.4, -0.2) is 116 Å². The molecule has 0 saturated carbocycles. The molecule has 0 spiro atoms. The molecule has 1 aromatic rings. The molecule has 0 bridgehead atoms.